The molecule has 0 saturated heterocycles. The summed E-state index contributed by atoms with van der Waals surface area (Å²) in [6, 6.07) is 0. The van der Waals surface area contributed by atoms with E-state index >= 15 is 0 Å². The third-order valence-electron chi connectivity index (χ3n) is 3.00. The molecule has 0 spiro atoms. The maximum Gasteiger partial charge on any atom is 0.395 e. The van der Waals surface area contributed by atoms with Gasteiger partial charge in [-0.1, -0.05) is 13.3 Å². The first-order valence-electron chi connectivity index (χ1n) is 4.54. The van der Waals surface area contributed by atoms with Crippen molar-refractivity contribution in [3.05, 3.63) is 0 Å². The van der Waals surface area contributed by atoms with Gasteiger partial charge in [0.25, 0.3) is 0 Å². The lowest BCUT2D eigenvalue weighted by Crippen LogP contribution is -2.39. The minimum absolute atomic E-state index is 0.0374. The highest BCUT2D eigenvalue weighted by Gasteiger charge is 2.58. The molecule has 0 aromatic heterocycles. The topological polar surface area (TPSA) is 0 Å². The molecule has 1 saturated carbocycles. The van der Waals surface area contributed by atoms with Crippen LogP contribution in [0.1, 0.15) is 33.1 Å². The van der Waals surface area contributed by atoms with Crippen LogP contribution >= 0.6 is 0 Å². The first-order chi connectivity index (χ1) is 5.79. The maximum absolute atomic E-state index is 13.5. The molecule has 0 radical (unpaired) electrons. The third-order valence-corrected chi connectivity index (χ3v) is 3.00. The molecule has 0 amide bonds. The SMILES string of the molecule is CCC1CCC(C)(F)C1C(F)(F)F. The van der Waals surface area contributed by atoms with Gasteiger partial charge in [0.15, 0.2) is 0 Å². The predicted octanol–water partition coefficient (Wildman–Crippen LogP) is 3.71. The van der Waals surface area contributed by atoms with E-state index in [0.29, 0.717) is 12.8 Å². The Kier molecular flexibility index (Phi) is 2.61. The first-order valence-corrected chi connectivity index (χ1v) is 4.54. The molecule has 4 heteroatoms. The van der Waals surface area contributed by atoms with E-state index in [1.54, 1.807) is 6.92 Å². The summed E-state index contributed by atoms with van der Waals surface area (Å²) in [5.41, 5.74) is -2.06. The van der Waals surface area contributed by atoms with Crippen LogP contribution in [0.5, 0.6) is 0 Å². The fourth-order valence-corrected chi connectivity index (χ4v) is 2.33. The highest BCUT2D eigenvalue weighted by atomic mass is 19.4. The van der Waals surface area contributed by atoms with Gasteiger partial charge in [0.1, 0.15) is 5.67 Å². The van der Waals surface area contributed by atoms with Gasteiger partial charge in [0.2, 0.25) is 0 Å². The van der Waals surface area contributed by atoms with Crippen molar-refractivity contribution in [2.24, 2.45) is 11.8 Å². The average Bonchev–Trinajstić information content (AvgIpc) is 2.23. The number of rotatable bonds is 1. The Balaban J connectivity index is 2.87. The second-order valence-corrected chi connectivity index (χ2v) is 4.00. The van der Waals surface area contributed by atoms with Crippen LogP contribution in [0.3, 0.4) is 0 Å². The van der Waals surface area contributed by atoms with Gasteiger partial charge in [-0.3, -0.25) is 0 Å². The Bertz CT molecular complexity index is 183. The van der Waals surface area contributed by atoms with Crippen LogP contribution in [0.25, 0.3) is 0 Å². The highest BCUT2D eigenvalue weighted by molar-refractivity contribution is 4.97. The van der Waals surface area contributed by atoms with Crippen LogP contribution in [-0.2, 0) is 0 Å². The number of halogens is 4. The number of hydrogen-bond donors (Lipinski definition) is 0. The van der Waals surface area contributed by atoms with Gasteiger partial charge in [0, 0.05) is 0 Å². The average molecular weight is 198 g/mol. The van der Waals surface area contributed by atoms with Crippen LogP contribution in [0.2, 0.25) is 0 Å². The molecule has 1 fully saturated rings. The standard InChI is InChI=1S/C9H14F4/c1-3-6-4-5-8(2,10)7(6)9(11,12)13/h6-7H,3-5H2,1-2H3. The summed E-state index contributed by atoms with van der Waals surface area (Å²) in [6.07, 6.45) is -3.59. The van der Waals surface area contributed by atoms with Crippen LogP contribution in [0.4, 0.5) is 17.6 Å². The van der Waals surface area contributed by atoms with E-state index < -0.39 is 23.7 Å². The molecule has 0 nitrogen and oxygen atoms in total. The summed E-state index contributed by atoms with van der Waals surface area (Å²) < 4.78 is 50.8. The molecule has 0 bridgehead atoms. The molecule has 0 heterocycles. The molecule has 1 rings (SSSR count). The van der Waals surface area contributed by atoms with Crippen LogP contribution in [-0.4, -0.2) is 11.8 Å². The van der Waals surface area contributed by atoms with Gasteiger partial charge in [-0.25, -0.2) is 4.39 Å². The van der Waals surface area contributed by atoms with E-state index in [-0.39, 0.29) is 6.42 Å². The quantitative estimate of drug-likeness (QED) is 0.563. The number of hydrogen-bond acceptors (Lipinski definition) is 0. The van der Waals surface area contributed by atoms with Crippen molar-refractivity contribution in [3.8, 4) is 0 Å². The van der Waals surface area contributed by atoms with Crippen LogP contribution < -0.4 is 0 Å². The summed E-state index contributed by atoms with van der Waals surface area (Å²) in [6.45, 7) is 2.76. The smallest absolute Gasteiger partial charge is 0.244 e. The summed E-state index contributed by atoms with van der Waals surface area (Å²) in [5, 5.41) is 0. The first kappa shape index (κ1) is 10.8. The molecule has 78 valence electrons. The summed E-state index contributed by atoms with van der Waals surface area (Å²) >= 11 is 0. The number of alkyl halides is 4. The Hall–Kier alpha value is -0.280. The predicted molar refractivity (Wildman–Crippen MR) is 42.1 cm³/mol. The van der Waals surface area contributed by atoms with E-state index in [2.05, 4.69) is 0 Å². The molecule has 13 heavy (non-hydrogen) atoms. The zero-order chi connectivity index (χ0) is 10.3. The largest absolute Gasteiger partial charge is 0.395 e. The lowest BCUT2D eigenvalue weighted by atomic mass is 9.86. The van der Waals surface area contributed by atoms with Crippen molar-refractivity contribution in [2.45, 2.75) is 45.0 Å². The van der Waals surface area contributed by atoms with Gasteiger partial charge in [-0.05, 0) is 25.7 Å². The van der Waals surface area contributed by atoms with Gasteiger partial charge in [0.05, 0.1) is 5.92 Å². The minimum atomic E-state index is -4.39. The molecule has 0 N–H and O–H groups in total. The Morgan fingerprint density at radius 2 is 1.92 bits per heavy atom. The van der Waals surface area contributed by atoms with Crippen LogP contribution in [0, 0.1) is 11.8 Å². The lowest BCUT2D eigenvalue weighted by Gasteiger charge is -2.28. The molecule has 1 aliphatic carbocycles. The van der Waals surface area contributed by atoms with Crippen molar-refractivity contribution in [1.29, 1.82) is 0 Å². The normalized spacial score (nSPS) is 41.1. The fourth-order valence-electron chi connectivity index (χ4n) is 2.33. The van der Waals surface area contributed by atoms with E-state index in [9.17, 15) is 17.6 Å². The van der Waals surface area contributed by atoms with Gasteiger partial charge < -0.3 is 0 Å². The van der Waals surface area contributed by atoms with Crippen molar-refractivity contribution < 1.29 is 17.6 Å². The van der Waals surface area contributed by atoms with E-state index in [1.165, 1.54) is 0 Å². The molecule has 0 aliphatic heterocycles. The molecular weight excluding hydrogens is 184 g/mol. The molecule has 3 unspecified atom stereocenters. The molecule has 0 aromatic carbocycles. The second-order valence-electron chi connectivity index (χ2n) is 4.00. The van der Waals surface area contributed by atoms with Gasteiger partial charge in [-0.2, -0.15) is 13.2 Å². The molecule has 0 aromatic rings. The van der Waals surface area contributed by atoms with Crippen LogP contribution in [0.15, 0.2) is 0 Å². The zero-order valence-corrected chi connectivity index (χ0v) is 7.79. The summed E-state index contributed by atoms with van der Waals surface area (Å²) in [4.78, 5) is 0. The molecule has 1 aliphatic rings. The van der Waals surface area contributed by atoms with Gasteiger partial charge in [-0.15, -0.1) is 0 Å². The Morgan fingerprint density at radius 1 is 1.38 bits per heavy atom. The zero-order valence-electron chi connectivity index (χ0n) is 7.79. The van der Waals surface area contributed by atoms with E-state index in [1.807, 2.05) is 0 Å². The third kappa shape index (κ3) is 1.97. The lowest BCUT2D eigenvalue weighted by molar-refractivity contribution is -0.211. The minimum Gasteiger partial charge on any atom is -0.244 e. The second kappa shape index (κ2) is 3.14. The van der Waals surface area contributed by atoms with Crippen molar-refractivity contribution in [3.63, 3.8) is 0 Å². The van der Waals surface area contributed by atoms with Crippen molar-refractivity contribution in [2.75, 3.05) is 0 Å². The van der Waals surface area contributed by atoms with Gasteiger partial charge >= 0.3 is 6.18 Å². The van der Waals surface area contributed by atoms with E-state index in [0.717, 1.165) is 6.92 Å². The Morgan fingerprint density at radius 3 is 2.23 bits per heavy atom. The highest BCUT2D eigenvalue weighted by Crippen LogP contribution is 2.51. The fraction of sp³-hybridized carbons (Fsp3) is 1.00. The van der Waals surface area contributed by atoms with Crippen molar-refractivity contribution in [1.82, 2.24) is 0 Å². The van der Waals surface area contributed by atoms with E-state index in [4.69, 9.17) is 0 Å². The summed E-state index contributed by atoms with van der Waals surface area (Å²) in [7, 11) is 0. The monoisotopic (exact) mass is 198 g/mol. The maximum atomic E-state index is 13.5. The summed E-state index contributed by atoms with van der Waals surface area (Å²) in [5.74, 6) is -2.29. The Labute approximate surface area is 75.3 Å². The molecular formula is C9H14F4. The van der Waals surface area contributed by atoms with Crippen molar-refractivity contribution >= 4 is 0 Å². The molecule has 3 atom stereocenters.